The lowest BCUT2D eigenvalue weighted by Crippen LogP contribution is -2.43. The minimum atomic E-state index is -1.72. The predicted octanol–water partition coefficient (Wildman–Crippen LogP) is 6.16. The summed E-state index contributed by atoms with van der Waals surface area (Å²) in [6.07, 6.45) is 5.22. The van der Waals surface area contributed by atoms with Crippen molar-refractivity contribution in [2.24, 2.45) is 17.3 Å². The molecule has 3 nitrogen and oxygen atoms in total. The van der Waals surface area contributed by atoms with Gasteiger partial charge in [-0.1, -0.05) is 13.0 Å². The summed E-state index contributed by atoms with van der Waals surface area (Å²) in [5.41, 5.74) is 2.82. The fraction of sp³-hybridized carbons (Fsp3) is 0.708. The van der Waals surface area contributed by atoms with Gasteiger partial charge in [-0.2, -0.15) is 0 Å². The molecule has 3 aliphatic carbocycles. The minimum Gasteiger partial charge on any atom is -0.544 e. The first-order valence-corrected chi connectivity index (χ1v) is 18.2. The number of aryl methyl sites for hydroxylation is 1. The molecule has 0 heterocycles. The quantitative estimate of drug-likeness (QED) is 0.537. The Morgan fingerprint density at radius 1 is 1.03 bits per heavy atom. The normalized spacial score (nSPS) is 34.4. The summed E-state index contributed by atoms with van der Waals surface area (Å²) in [4.78, 5) is 13.3. The first-order chi connectivity index (χ1) is 13.4. The molecular formula is C24H38O3Si2. The van der Waals surface area contributed by atoms with Crippen molar-refractivity contribution in [2.75, 3.05) is 0 Å². The zero-order valence-corrected chi connectivity index (χ0v) is 21.3. The van der Waals surface area contributed by atoms with Crippen LogP contribution in [0.3, 0.4) is 0 Å². The highest BCUT2D eigenvalue weighted by Crippen LogP contribution is 2.60. The number of benzene rings is 1. The molecule has 1 aromatic carbocycles. The van der Waals surface area contributed by atoms with E-state index in [-0.39, 0.29) is 11.5 Å². The van der Waals surface area contributed by atoms with Gasteiger partial charge >= 0.3 is 0 Å². The average molecular weight is 431 g/mol. The second kappa shape index (κ2) is 7.06. The molecule has 0 spiro atoms. The van der Waals surface area contributed by atoms with Crippen molar-refractivity contribution in [1.82, 2.24) is 0 Å². The van der Waals surface area contributed by atoms with Gasteiger partial charge in [-0.15, -0.1) is 0 Å². The number of ketones is 1. The third kappa shape index (κ3) is 4.02. The smallest absolute Gasteiger partial charge is 0.242 e. The lowest BCUT2D eigenvalue weighted by atomic mass is 9.55. The zero-order chi connectivity index (χ0) is 21.2. The van der Waals surface area contributed by atoms with Crippen molar-refractivity contribution in [2.45, 2.75) is 90.3 Å². The van der Waals surface area contributed by atoms with Crippen molar-refractivity contribution in [1.29, 1.82) is 0 Å². The molecule has 1 unspecified atom stereocenters. The molecule has 0 amide bonds. The van der Waals surface area contributed by atoms with E-state index in [2.05, 4.69) is 64.4 Å². The predicted molar refractivity (Wildman–Crippen MR) is 124 cm³/mol. The maximum Gasteiger partial charge on any atom is 0.242 e. The van der Waals surface area contributed by atoms with E-state index in [1.54, 1.807) is 0 Å². The SMILES string of the molecule is C[C@]12CC[C@@H]3c4ccc(O[Si](C)(C)C)cc4CC[C@H]3[C@@H]1CC(O[Si](C)(C)C)C2=O. The summed E-state index contributed by atoms with van der Waals surface area (Å²) in [6, 6.07) is 6.82. The van der Waals surface area contributed by atoms with Crippen molar-refractivity contribution in [3.8, 4) is 5.75 Å². The highest BCUT2D eigenvalue weighted by atomic mass is 28.4. The molecule has 5 heteroatoms. The van der Waals surface area contributed by atoms with Crippen molar-refractivity contribution in [3.63, 3.8) is 0 Å². The fourth-order valence-electron chi connectivity index (χ4n) is 6.27. The molecule has 0 radical (unpaired) electrons. The number of rotatable bonds is 4. The lowest BCUT2D eigenvalue weighted by molar-refractivity contribution is -0.134. The zero-order valence-electron chi connectivity index (χ0n) is 19.3. The van der Waals surface area contributed by atoms with Crippen LogP contribution in [0.25, 0.3) is 0 Å². The van der Waals surface area contributed by atoms with Gasteiger partial charge in [0, 0.05) is 5.41 Å². The van der Waals surface area contributed by atoms with E-state index in [9.17, 15) is 4.79 Å². The fourth-order valence-corrected chi connectivity index (χ4v) is 8.16. The Morgan fingerprint density at radius 2 is 1.76 bits per heavy atom. The first-order valence-electron chi connectivity index (χ1n) is 11.4. The van der Waals surface area contributed by atoms with Gasteiger partial charge in [0.05, 0.1) is 0 Å². The van der Waals surface area contributed by atoms with E-state index >= 15 is 0 Å². The van der Waals surface area contributed by atoms with Gasteiger partial charge in [-0.25, -0.2) is 0 Å². The molecule has 0 bridgehead atoms. The largest absolute Gasteiger partial charge is 0.544 e. The Labute approximate surface area is 178 Å². The van der Waals surface area contributed by atoms with Crippen LogP contribution in [-0.4, -0.2) is 28.5 Å². The summed E-state index contributed by atoms with van der Waals surface area (Å²) in [5.74, 6) is 3.12. The molecule has 2 fully saturated rings. The Morgan fingerprint density at radius 3 is 2.41 bits per heavy atom. The monoisotopic (exact) mass is 430 g/mol. The van der Waals surface area contributed by atoms with Crippen LogP contribution in [-0.2, 0) is 15.6 Å². The third-order valence-corrected chi connectivity index (χ3v) is 9.17. The summed E-state index contributed by atoms with van der Waals surface area (Å²) < 4.78 is 12.6. The van der Waals surface area contributed by atoms with Gasteiger partial charge in [-0.05, 0) is 112 Å². The molecule has 3 aliphatic rings. The first kappa shape index (κ1) is 21.3. The van der Waals surface area contributed by atoms with Gasteiger partial charge in [0.25, 0.3) is 0 Å². The van der Waals surface area contributed by atoms with Crippen LogP contribution in [0.2, 0.25) is 39.3 Å². The van der Waals surface area contributed by atoms with Crippen LogP contribution < -0.4 is 4.43 Å². The van der Waals surface area contributed by atoms with Crippen LogP contribution in [0.15, 0.2) is 18.2 Å². The molecular weight excluding hydrogens is 392 g/mol. The second-order valence-electron chi connectivity index (χ2n) is 11.8. The maximum absolute atomic E-state index is 13.3. The van der Waals surface area contributed by atoms with E-state index in [0.717, 1.165) is 31.4 Å². The van der Waals surface area contributed by atoms with E-state index < -0.39 is 16.6 Å². The Bertz CT molecular complexity index is 807. The lowest BCUT2D eigenvalue weighted by Gasteiger charge is -2.48. The Kier molecular flexibility index (Phi) is 5.19. The number of hydrogen-bond donors (Lipinski definition) is 0. The average Bonchev–Trinajstić information content (AvgIpc) is 2.83. The highest BCUT2D eigenvalue weighted by molar-refractivity contribution is 6.70. The van der Waals surface area contributed by atoms with Gasteiger partial charge in [0.2, 0.25) is 8.32 Å². The molecule has 5 atom stereocenters. The van der Waals surface area contributed by atoms with E-state index in [0.29, 0.717) is 23.5 Å². The topological polar surface area (TPSA) is 35.5 Å². The summed E-state index contributed by atoms with van der Waals surface area (Å²) in [7, 11) is -3.31. The molecule has 0 saturated heterocycles. The van der Waals surface area contributed by atoms with Crippen LogP contribution in [0.4, 0.5) is 0 Å². The highest BCUT2D eigenvalue weighted by Gasteiger charge is 2.58. The van der Waals surface area contributed by atoms with Crippen LogP contribution in [0.5, 0.6) is 5.75 Å². The Hall–Kier alpha value is -0.916. The minimum absolute atomic E-state index is 0.163. The number of fused-ring (bicyclic) bond motifs is 5. The van der Waals surface area contributed by atoms with Crippen molar-refractivity contribution < 1.29 is 13.6 Å². The van der Waals surface area contributed by atoms with Crippen molar-refractivity contribution in [3.05, 3.63) is 29.3 Å². The summed E-state index contributed by atoms with van der Waals surface area (Å²) in [6.45, 7) is 15.5. The molecule has 0 aromatic heterocycles. The number of hydrogen-bond acceptors (Lipinski definition) is 3. The molecule has 1 aromatic rings. The molecule has 0 aliphatic heterocycles. The molecule has 160 valence electrons. The second-order valence-corrected chi connectivity index (χ2v) is 20.7. The number of carbonyl (C=O) groups excluding carboxylic acids is 1. The molecule has 0 N–H and O–H groups in total. The summed E-state index contributed by atoms with van der Waals surface area (Å²) >= 11 is 0. The number of Topliss-reactive ketones (excluding diaryl/α,β-unsaturated/α-hetero) is 1. The van der Waals surface area contributed by atoms with Crippen LogP contribution >= 0.6 is 0 Å². The van der Waals surface area contributed by atoms with Gasteiger partial charge in [0.1, 0.15) is 11.9 Å². The molecule has 2 saturated carbocycles. The summed E-state index contributed by atoms with van der Waals surface area (Å²) in [5, 5.41) is 0. The van der Waals surface area contributed by atoms with E-state index in [4.69, 9.17) is 8.85 Å². The maximum atomic E-state index is 13.3. The number of carbonyl (C=O) groups is 1. The van der Waals surface area contributed by atoms with Crippen LogP contribution in [0, 0.1) is 17.3 Å². The standard InChI is InChI=1S/C24H38O3Si2/c1-24-13-12-19-18-11-9-17(26-28(2,3)4)14-16(18)8-10-20(19)21(24)15-22(23(24)25)27-29(5,6)7/h9,11,14,19-22H,8,10,12-13,15H2,1-7H3/t19-,20-,21+,22?,24+/m1/s1. The third-order valence-electron chi connectivity index (χ3n) is 7.33. The van der Waals surface area contributed by atoms with Gasteiger partial charge in [-0.3, -0.25) is 4.79 Å². The molecule has 4 rings (SSSR count). The van der Waals surface area contributed by atoms with Crippen molar-refractivity contribution >= 4 is 22.4 Å². The van der Waals surface area contributed by atoms with E-state index in [1.807, 2.05) is 0 Å². The van der Waals surface area contributed by atoms with E-state index in [1.165, 1.54) is 17.5 Å². The van der Waals surface area contributed by atoms with Gasteiger partial charge in [0.15, 0.2) is 14.1 Å². The van der Waals surface area contributed by atoms with Crippen LogP contribution in [0.1, 0.15) is 49.7 Å². The Balaban J connectivity index is 1.58. The van der Waals surface area contributed by atoms with Gasteiger partial charge < -0.3 is 8.85 Å². The molecule has 29 heavy (non-hydrogen) atoms.